The maximum atomic E-state index is 12.4. The summed E-state index contributed by atoms with van der Waals surface area (Å²) in [6, 6.07) is 5.65. The summed E-state index contributed by atoms with van der Waals surface area (Å²) < 4.78 is 27.6. The van der Waals surface area contributed by atoms with Crippen LogP contribution in [0.25, 0.3) is 0 Å². The van der Waals surface area contributed by atoms with Crippen LogP contribution in [0.1, 0.15) is 52.7 Å². The van der Waals surface area contributed by atoms with Crippen molar-refractivity contribution in [3.63, 3.8) is 0 Å². The molecule has 19 heavy (non-hydrogen) atoms. The average molecular weight is 283 g/mol. The van der Waals surface area contributed by atoms with E-state index in [9.17, 15) is 8.42 Å². The molecular weight excluding hydrogens is 258 g/mol. The van der Waals surface area contributed by atoms with Gasteiger partial charge in [0.05, 0.1) is 4.90 Å². The predicted molar refractivity (Wildman–Crippen MR) is 80.0 cm³/mol. The van der Waals surface area contributed by atoms with Gasteiger partial charge in [0, 0.05) is 5.54 Å². The second-order valence-corrected chi connectivity index (χ2v) is 8.74. The fraction of sp³-hybridized carbons (Fsp3) is 0.600. The Labute approximate surface area is 117 Å². The van der Waals surface area contributed by atoms with E-state index in [2.05, 4.69) is 25.5 Å². The van der Waals surface area contributed by atoms with Gasteiger partial charge >= 0.3 is 0 Å². The van der Waals surface area contributed by atoms with Crippen LogP contribution in [-0.4, -0.2) is 14.0 Å². The topological polar surface area (TPSA) is 46.2 Å². The van der Waals surface area contributed by atoms with Gasteiger partial charge in [0.2, 0.25) is 10.0 Å². The molecule has 0 aromatic heterocycles. The van der Waals surface area contributed by atoms with E-state index in [-0.39, 0.29) is 5.41 Å². The van der Waals surface area contributed by atoms with E-state index in [1.54, 1.807) is 6.07 Å². The summed E-state index contributed by atoms with van der Waals surface area (Å²) in [6.45, 7) is 13.6. The van der Waals surface area contributed by atoms with E-state index < -0.39 is 15.6 Å². The van der Waals surface area contributed by atoms with Crippen molar-refractivity contribution < 1.29 is 8.42 Å². The van der Waals surface area contributed by atoms with Crippen LogP contribution in [0.3, 0.4) is 0 Å². The number of benzene rings is 1. The van der Waals surface area contributed by atoms with Gasteiger partial charge in [-0.05, 0) is 50.3 Å². The molecule has 0 heterocycles. The molecular formula is C15H25NO2S. The third kappa shape index (κ3) is 4.32. The van der Waals surface area contributed by atoms with Gasteiger partial charge in [-0.2, -0.15) is 0 Å². The van der Waals surface area contributed by atoms with Crippen molar-refractivity contribution in [2.24, 2.45) is 0 Å². The van der Waals surface area contributed by atoms with Crippen LogP contribution in [0.2, 0.25) is 0 Å². The fourth-order valence-electron chi connectivity index (χ4n) is 1.81. The van der Waals surface area contributed by atoms with Crippen molar-refractivity contribution in [2.75, 3.05) is 0 Å². The second kappa shape index (κ2) is 4.91. The highest BCUT2D eigenvalue weighted by Gasteiger charge is 2.25. The Hall–Kier alpha value is -0.870. The molecule has 3 nitrogen and oxygen atoms in total. The van der Waals surface area contributed by atoms with E-state index in [1.807, 2.05) is 39.8 Å². The molecule has 1 N–H and O–H groups in total. The zero-order valence-electron chi connectivity index (χ0n) is 13.0. The Kier molecular flexibility index (Phi) is 4.18. The molecule has 0 aliphatic heterocycles. The lowest BCUT2D eigenvalue weighted by Crippen LogP contribution is -2.40. The van der Waals surface area contributed by atoms with Crippen molar-refractivity contribution in [3.05, 3.63) is 29.3 Å². The van der Waals surface area contributed by atoms with Gasteiger partial charge in [0.15, 0.2) is 0 Å². The molecule has 4 heteroatoms. The van der Waals surface area contributed by atoms with Gasteiger partial charge < -0.3 is 0 Å². The summed E-state index contributed by atoms with van der Waals surface area (Å²) in [4.78, 5) is 0.370. The van der Waals surface area contributed by atoms with E-state index in [0.717, 1.165) is 11.1 Å². The number of sulfonamides is 1. The summed E-state index contributed by atoms with van der Waals surface area (Å²) >= 11 is 0. The van der Waals surface area contributed by atoms with Crippen LogP contribution < -0.4 is 4.72 Å². The number of nitrogens with one attached hydrogen (secondary N) is 1. The van der Waals surface area contributed by atoms with Crippen molar-refractivity contribution >= 4 is 10.0 Å². The molecule has 1 aromatic rings. The third-order valence-corrected chi connectivity index (χ3v) is 4.68. The Morgan fingerprint density at radius 3 is 1.95 bits per heavy atom. The SMILES string of the molecule is Cc1ccc(C(C)(C)C)cc1S(=O)(=O)NC(C)(C)C. The lowest BCUT2D eigenvalue weighted by molar-refractivity contribution is 0.491. The molecule has 0 fully saturated rings. The maximum Gasteiger partial charge on any atom is 0.241 e. The largest absolute Gasteiger partial charge is 0.241 e. The van der Waals surface area contributed by atoms with Crippen LogP contribution in [0.4, 0.5) is 0 Å². The quantitative estimate of drug-likeness (QED) is 0.904. The first-order valence-corrected chi connectivity index (χ1v) is 7.96. The van der Waals surface area contributed by atoms with E-state index in [0.29, 0.717) is 4.90 Å². The zero-order chi connectivity index (χ0) is 15.1. The Bertz CT molecular complexity index is 561. The second-order valence-electron chi connectivity index (χ2n) is 7.09. The number of aryl methyl sites for hydroxylation is 1. The van der Waals surface area contributed by atoms with E-state index >= 15 is 0 Å². The fourth-order valence-corrected chi connectivity index (χ4v) is 3.50. The van der Waals surface area contributed by atoms with E-state index in [1.165, 1.54) is 0 Å². The average Bonchev–Trinajstić information content (AvgIpc) is 2.11. The standard InChI is InChI=1S/C15H25NO2S/c1-11-8-9-12(14(2,3)4)10-13(11)19(17,18)16-15(5,6)7/h8-10,16H,1-7H3. The van der Waals surface area contributed by atoms with Crippen LogP contribution in [0.5, 0.6) is 0 Å². The van der Waals surface area contributed by atoms with Gasteiger partial charge in [-0.3, -0.25) is 0 Å². The molecule has 108 valence electrons. The minimum Gasteiger partial charge on any atom is -0.207 e. The molecule has 0 aliphatic rings. The third-order valence-electron chi connectivity index (χ3n) is 2.78. The summed E-state index contributed by atoms with van der Waals surface area (Å²) in [6.07, 6.45) is 0. The van der Waals surface area contributed by atoms with Crippen molar-refractivity contribution in [2.45, 2.75) is 64.3 Å². The summed E-state index contributed by atoms with van der Waals surface area (Å²) in [5.41, 5.74) is 1.24. The van der Waals surface area contributed by atoms with Crippen molar-refractivity contribution in [3.8, 4) is 0 Å². The minimum absolute atomic E-state index is 0.0697. The Morgan fingerprint density at radius 2 is 1.53 bits per heavy atom. The number of hydrogen-bond acceptors (Lipinski definition) is 2. The van der Waals surface area contributed by atoms with Gasteiger partial charge in [0.25, 0.3) is 0 Å². The normalized spacial score (nSPS) is 13.6. The molecule has 0 aliphatic carbocycles. The van der Waals surface area contributed by atoms with Crippen molar-refractivity contribution in [1.82, 2.24) is 4.72 Å². The van der Waals surface area contributed by atoms with Gasteiger partial charge in [-0.1, -0.05) is 32.9 Å². The predicted octanol–water partition coefficient (Wildman–Crippen LogP) is 3.37. The molecule has 1 aromatic carbocycles. The van der Waals surface area contributed by atoms with Gasteiger partial charge in [-0.15, -0.1) is 0 Å². The van der Waals surface area contributed by atoms with Crippen LogP contribution in [0, 0.1) is 6.92 Å². The van der Waals surface area contributed by atoms with Crippen molar-refractivity contribution in [1.29, 1.82) is 0 Å². The first-order chi connectivity index (χ1) is 8.33. The van der Waals surface area contributed by atoms with Gasteiger partial charge in [0.1, 0.15) is 0 Å². The Morgan fingerprint density at radius 1 is 1.00 bits per heavy atom. The Balaban J connectivity index is 3.35. The zero-order valence-corrected chi connectivity index (χ0v) is 13.8. The first kappa shape index (κ1) is 16.2. The maximum absolute atomic E-state index is 12.4. The smallest absolute Gasteiger partial charge is 0.207 e. The van der Waals surface area contributed by atoms with Gasteiger partial charge in [-0.25, -0.2) is 13.1 Å². The molecule has 0 radical (unpaired) electrons. The highest BCUT2D eigenvalue weighted by atomic mass is 32.2. The molecule has 0 unspecified atom stereocenters. The molecule has 0 amide bonds. The van der Waals surface area contributed by atoms with Crippen LogP contribution in [0.15, 0.2) is 23.1 Å². The van der Waals surface area contributed by atoms with E-state index in [4.69, 9.17) is 0 Å². The van der Waals surface area contributed by atoms with Crippen LogP contribution >= 0.6 is 0 Å². The molecule has 0 saturated carbocycles. The minimum atomic E-state index is -3.48. The van der Waals surface area contributed by atoms with Crippen LogP contribution in [-0.2, 0) is 15.4 Å². The first-order valence-electron chi connectivity index (χ1n) is 6.48. The number of rotatable bonds is 2. The highest BCUT2D eigenvalue weighted by Crippen LogP contribution is 2.27. The summed E-state index contributed by atoms with van der Waals surface area (Å²) in [5, 5.41) is 0. The lowest BCUT2D eigenvalue weighted by Gasteiger charge is -2.24. The lowest BCUT2D eigenvalue weighted by atomic mass is 9.87. The number of hydrogen-bond donors (Lipinski definition) is 1. The molecule has 0 spiro atoms. The monoisotopic (exact) mass is 283 g/mol. The highest BCUT2D eigenvalue weighted by molar-refractivity contribution is 7.89. The molecule has 0 bridgehead atoms. The summed E-state index contributed by atoms with van der Waals surface area (Å²) in [7, 11) is -3.48. The molecule has 1 rings (SSSR count). The summed E-state index contributed by atoms with van der Waals surface area (Å²) in [5.74, 6) is 0. The molecule has 0 atom stereocenters. The molecule has 0 saturated heterocycles.